The number of aromatic nitrogens is 2. The molecule has 24 heteroatoms. The molecule has 0 unspecified atom stereocenters. The topological polar surface area (TPSA) is 330 Å². The van der Waals surface area contributed by atoms with E-state index >= 15 is 0 Å². The van der Waals surface area contributed by atoms with Crippen LogP contribution in [0.25, 0.3) is 10.9 Å². The van der Waals surface area contributed by atoms with Crippen LogP contribution >= 0.6 is 31.9 Å². The first kappa shape index (κ1) is 86.2. The van der Waals surface area contributed by atoms with Crippen molar-refractivity contribution in [3.8, 4) is 0 Å². The highest BCUT2D eigenvalue weighted by Gasteiger charge is 2.22. The van der Waals surface area contributed by atoms with Gasteiger partial charge in [-0.05, 0) is 102 Å². The Morgan fingerprint density at radius 2 is 0.738 bits per heavy atom. The highest BCUT2D eigenvalue weighted by Crippen LogP contribution is 2.33. The lowest BCUT2D eigenvalue weighted by Crippen LogP contribution is -2.08. The van der Waals surface area contributed by atoms with E-state index in [2.05, 4.69) is 192 Å². The first-order chi connectivity index (χ1) is 51.9. The van der Waals surface area contributed by atoms with Crippen LogP contribution in [0.4, 0.5) is 17.1 Å². The third kappa shape index (κ3) is 26.9. The molecule has 11 rings (SSSR count). The Hall–Kier alpha value is -11.4. The first-order valence-electron chi connectivity index (χ1n) is 33.7. The van der Waals surface area contributed by atoms with Crippen molar-refractivity contribution < 1.29 is 63.5 Å². The molecule has 0 spiro atoms. The first-order valence-corrected chi connectivity index (χ1v) is 35.9. The van der Waals surface area contributed by atoms with E-state index in [9.17, 15) is 49.5 Å². The zero-order chi connectivity index (χ0) is 78.0. The SMILES string of the molecule is CO.CO.COC(=O)c1ccc(CBr)c([N+](=O)[O-])c1.COC(=O)c1ccc(CCCCC(c2ccccc2)c2ccccc2)c([N+](=O)[O-])c1.COC(=O)c1ccc2cn(CCC(c3ccccc3)c3ccccc3)nc2c1.NCCC(c1ccccc1)c1ccccc1.O=C(O)c1ccc(CBr)c([N+](=O)[O-])c1. The molecule has 0 aliphatic rings. The number of carbonyl (C=O) groups is 4. The number of aliphatic hydroxyl groups is 2. The Morgan fingerprint density at radius 3 is 1.07 bits per heavy atom. The molecule has 0 fully saturated rings. The van der Waals surface area contributed by atoms with Crippen LogP contribution in [0.15, 0.2) is 261 Å². The van der Waals surface area contributed by atoms with Gasteiger partial charge in [0.2, 0.25) is 0 Å². The molecule has 11 aromatic rings. The molecule has 22 nitrogen and oxygen atoms in total. The van der Waals surface area contributed by atoms with Crippen LogP contribution in [0.5, 0.6) is 0 Å². The standard InChI is InChI=1S/C25H25NO4.C24H22N2O2.C15H17N.C9H8BrNO4.C8H6BrNO4.2CH4O/c1-30-25(27)22-17-16-21(24(18-22)26(28)29)14-8-9-15-23(19-10-4-2-5-11-19)20-12-6-3-7-13-20;1-28-24(27)20-12-13-21-17-26(25-23(21)16-20)15-14-22(18-8-4-2-5-9-18)19-10-6-3-7-11-19;16-12-11-15(13-7-3-1-4-8-13)14-9-5-2-6-10-14;1-15-9(12)6-2-3-7(5-10)8(4-6)11(13)14;9-4-6-2-1-5(8(11)12)3-7(6)10(13)14;2*1-2/h2-7,10-13,16-18,23H,8-9,14-15H2,1H3;2-13,16-17,22H,14-15H2,1H3;1-10,15H,11-12,16H2;2-4H,5H2,1H3;1-3H,4H2,(H,11,12);2*2H,1H3. The molecule has 10 aromatic carbocycles. The summed E-state index contributed by atoms with van der Waals surface area (Å²) in [6, 6.07) is 81.2. The van der Waals surface area contributed by atoms with E-state index in [1.807, 2.05) is 53.3 Å². The molecule has 558 valence electrons. The number of methoxy groups -OCH3 is 3. The molecule has 0 radical (unpaired) electrons. The van der Waals surface area contributed by atoms with E-state index in [1.54, 1.807) is 24.3 Å². The summed E-state index contributed by atoms with van der Waals surface area (Å²) in [6.07, 6.45) is 7.28. The third-order valence-electron chi connectivity index (χ3n) is 16.7. The van der Waals surface area contributed by atoms with Gasteiger partial charge in [0.15, 0.2) is 0 Å². The summed E-state index contributed by atoms with van der Waals surface area (Å²) >= 11 is 6.22. The number of nitrogens with two attached hydrogens (primary N) is 1. The van der Waals surface area contributed by atoms with Gasteiger partial charge in [-0.2, -0.15) is 5.10 Å². The monoisotopic (exact) mass is 1580 g/mol. The zero-order valence-corrected chi connectivity index (χ0v) is 63.0. The second-order valence-corrected chi connectivity index (χ2v) is 24.4. The lowest BCUT2D eigenvalue weighted by molar-refractivity contribution is -0.385. The summed E-state index contributed by atoms with van der Waals surface area (Å²) in [5.41, 5.74) is 16.5. The summed E-state index contributed by atoms with van der Waals surface area (Å²) in [5, 5.41) is 61.7. The number of ether oxygens (including phenoxy) is 3. The highest BCUT2D eigenvalue weighted by atomic mass is 79.9. The molecule has 5 N–H and O–H groups in total. The summed E-state index contributed by atoms with van der Waals surface area (Å²) < 4.78 is 15.9. The smallest absolute Gasteiger partial charge is 0.338 e. The number of carboxylic acids is 1. The number of carboxylic acid groups (broad SMARTS) is 1. The summed E-state index contributed by atoms with van der Waals surface area (Å²) in [5.74, 6) is -1.65. The van der Waals surface area contributed by atoms with Crippen molar-refractivity contribution in [2.24, 2.45) is 5.73 Å². The number of rotatable bonds is 25. The Bertz CT molecular complexity index is 4450. The second-order valence-electron chi connectivity index (χ2n) is 23.2. The van der Waals surface area contributed by atoms with E-state index in [4.69, 9.17) is 25.8 Å². The Labute approximate surface area is 638 Å². The minimum Gasteiger partial charge on any atom is -0.478 e. The molecule has 107 heavy (non-hydrogen) atoms. The summed E-state index contributed by atoms with van der Waals surface area (Å²) in [6.45, 7) is 1.51. The van der Waals surface area contributed by atoms with Crippen molar-refractivity contribution >= 4 is 83.7 Å². The number of benzene rings is 10. The number of hydrogen-bond donors (Lipinski definition) is 4. The third-order valence-corrected chi connectivity index (χ3v) is 17.9. The number of nitro groups is 3. The molecule has 0 atom stereocenters. The average Bonchev–Trinajstić information content (AvgIpc) is 1.76. The van der Waals surface area contributed by atoms with Crippen LogP contribution < -0.4 is 5.73 Å². The number of halogens is 2. The predicted octanol–water partition coefficient (Wildman–Crippen LogP) is 17.8. The number of carbonyl (C=O) groups excluding carboxylic acids is 3. The molecule has 0 aliphatic heterocycles. The Kier molecular flexibility index (Phi) is 38.0. The molecule has 0 saturated carbocycles. The molecular weight excluding hydrogens is 1500 g/mol. The number of alkyl halides is 2. The maximum Gasteiger partial charge on any atom is 0.338 e. The van der Waals surface area contributed by atoms with Crippen molar-refractivity contribution in [1.82, 2.24) is 9.78 Å². The second kappa shape index (κ2) is 47.1. The number of nitro benzene ring substituents is 3. The summed E-state index contributed by atoms with van der Waals surface area (Å²) in [4.78, 5) is 76.2. The fraction of sp³-hybridized carbons (Fsp3) is 0.217. The number of esters is 3. The van der Waals surface area contributed by atoms with E-state index in [-0.39, 0.29) is 39.7 Å². The van der Waals surface area contributed by atoms with Crippen LogP contribution in [0.1, 0.15) is 141 Å². The van der Waals surface area contributed by atoms with Gasteiger partial charge in [-0.1, -0.05) is 245 Å². The van der Waals surface area contributed by atoms with Crippen LogP contribution in [-0.2, 0) is 37.8 Å². The van der Waals surface area contributed by atoms with Gasteiger partial charge >= 0.3 is 23.9 Å². The maximum absolute atomic E-state index is 11.7. The number of aliphatic hydroxyl groups excluding tert-OH is 2. The lowest BCUT2D eigenvalue weighted by atomic mass is 9.86. The van der Waals surface area contributed by atoms with Crippen molar-refractivity contribution in [3.05, 3.63) is 364 Å². The van der Waals surface area contributed by atoms with Gasteiger partial charge in [0.25, 0.3) is 17.1 Å². The number of fused-ring (bicyclic) bond motifs is 1. The number of aryl methyl sites for hydroxylation is 2. The Morgan fingerprint density at radius 1 is 0.430 bits per heavy atom. The van der Waals surface area contributed by atoms with E-state index in [0.717, 1.165) is 69.8 Å². The molecule has 1 aromatic heterocycles. The maximum atomic E-state index is 11.7. The van der Waals surface area contributed by atoms with Gasteiger partial charge < -0.3 is 35.3 Å². The lowest BCUT2D eigenvalue weighted by Gasteiger charge is -2.18. The number of aromatic carboxylic acids is 1. The predicted molar refractivity (Wildman–Crippen MR) is 422 cm³/mol. The molecule has 0 amide bonds. The Balaban J connectivity index is 0.000000246. The van der Waals surface area contributed by atoms with Crippen molar-refractivity contribution in [2.75, 3.05) is 42.1 Å². The van der Waals surface area contributed by atoms with Crippen LogP contribution in [0.3, 0.4) is 0 Å². The highest BCUT2D eigenvalue weighted by molar-refractivity contribution is 9.08. The normalized spacial score (nSPS) is 10.3. The van der Waals surface area contributed by atoms with Gasteiger partial charge in [-0.15, -0.1) is 0 Å². The molecule has 0 saturated heterocycles. The van der Waals surface area contributed by atoms with Gasteiger partial charge in [0.1, 0.15) is 0 Å². The van der Waals surface area contributed by atoms with Crippen molar-refractivity contribution in [1.29, 1.82) is 0 Å². The largest absolute Gasteiger partial charge is 0.478 e. The number of unbranched alkanes of at least 4 members (excludes halogenated alkanes) is 1. The van der Waals surface area contributed by atoms with Gasteiger partial charge in [-0.3, -0.25) is 35.0 Å². The van der Waals surface area contributed by atoms with Gasteiger partial charge in [-0.25, -0.2) is 19.2 Å². The van der Waals surface area contributed by atoms with E-state index in [1.165, 1.54) is 91.1 Å². The minimum atomic E-state index is -1.17. The molecule has 1 heterocycles. The molecule has 0 aliphatic carbocycles. The summed E-state index contributed by atoms with van der Waals surface area (Å²) in [7, 11) is 5.88. The molecular formula is C83H86Br2N6O16. The minimum absolute atomic E-state index is 0.0273. The van der Waals surface area contributed by atoms with Crippen LogP contribution in [0.2, 0.25) is 0 Å². The van der Waals surface area contributed by atoms with Crippen LogP contribution in [-0.4, -0.2) is 106 Å². The van der Waals surface area contributed by atoms with E-state index < -0.39 is 32.7 Å². The van der Waals surface area contributed by atoms with E-state index in [0.29, 0.717) is 63.6 Å². The van der Waals surface area contributed by atoms with Gasteiger partial charge in [0.05, 0.1) is 63.9 Å². The van der Waals surface area contributed by atoms with Crippen molar-refractivity contribution in [3.63, 3.8) is 0 Å². The van der Waals surface area contributed by atoms with Crippen molar-refractivity contribution in [2.45, 2.75) is 73.5 Å². The number of hydrogen-bond acceptors (Lipinski definition) is 17. The molecule has 0 bridgehead atoms. The fourth-order valence-corrected chi connectivity index (χ4v) is 12.4. The number of nitrogens with zero attached hydrogens (tertiary/aromatic N) is 5. The zero-order valence-electron chi connectivity index (χ0n) is 59.8. The average molecular weight is 1580 g/mol. The van der Waals surface area contributed by atoms with Crippen LogP contribution in [0, 0.1) is 30.3 Å². The van der Waals surface area contributed by atoms with Gasteiger partial charge in [0, 0.05) is 95.7 Å². The fourth-order valence-electron chi connectivity index (χ4n) is 11.5. The quantitative estimate of drug-likeness (QED) is 0.0103.